The lowest BCUT2D eigenvalue weighted by Gasteiger charge is -2.12. The summed E-state index contributed by atoms with van der Waals surface area (Å²) in [5.74, 6) is 0.873. The van der Waals surface area contributed by atoms with Gasteiger partial charge in [0.2, 0.25) is 0 Å². The zero-order valence-corrected chi connectivity index (χ0v) is 13.8. The number of halogens is 1. The molecule has 4 heteroatoms. The molecule has 1 atom stereocenters. The number of pyridine rings is 1. The number of rotatable bonds is 7. The minimum absolute atomic E-state index is 0.218. The van der Waals surface area contributed by atoms with Crippen LogP contribution in [0.5, 0.6) is 5.75 Å². The van der Waals surface area contributed by atoms with E-state index in [2.05, 4.69) is 40.0 Å². The molecule has 0 bridgehead atoms. The average molecular weight is 349 g/mol. The van der Waals surface area contributed by atoms with Crippen LogP contribution in [0.1, 0.15) is 24.5 Å². The smallest absolute Gasteiger partial charge is 0.133 e. The van der Waals surface area contributed by atoms with Crippen molar-refractivity contribution in [2.45, 2.75) is 32.2 Å². The quantitative estimate of drug-likeness (QED) is 0.828. The lowest BCUT2D eigenvalue weighted by Crippen LogP contribution is -2.21. The fraction of sp³-hybridized carbons (Fsp3) is 0.353. The third kappa shape index (κ3) is 5.14. The Morgan fingerprint density at radius 3 is 2.62 bits per heavy atom. The van der Waals surface area contributed by atoms with E-state index in [9.17, 15) is 0 Å². The predicted molar refractivity (Wildman–Crippen MR) is 89.5 cm³/mol. The standard InChI is InChI=1S/C17H21BrN2O/c1-2-15(19)11-14-3-4-17(16(18)12-14)21-10-7-13-5-8-20-9-6-13/h3-6,8-9,12,15H,2,7,10-11,19H2,1H3. The Kier molecular flexibility index (Phi) is 6.21. The second-order valence-electron chi connectivity index (χ2n) is 5.09. The number of aromatic nitrogens is 1. The van der Waals surface area contributed by atoms with Crippen LogP contribution < -0.4 is 10.5 Å². The molecule has 21 heavy (non-hydrogen) atoms. The van der Waals surface area contributed by atoms with Gasteiger partial charge in [-0.1, -0.05) is 13.0 Å². The van der Waals surface area contributed by atoms with Crippen molar-refractivity contribution in [2.24, 2.45) is 5.73 Å². The highest BCUT2D eigenvalue weighted by atomic mass is 79.9. The molecule has 112 valence electrons. The summed E-state index contributed by atoms with van der Waals surface area (Å²) in [5, 5.41) is 0. The average Bonchev–Trinajstić information content (AvgIpc) is 2.50. The number of ether oxygens (including phenoxy) is 1. The summed E-state index contributed by atoms with van der Waals surface area (Å²) >= 11 is 3.57. The van der Waals surface area contributed by atoms with E-state index >= 15 is 0 Å². The van der Waals surface area contributed by atoms with Crippen molar-refractivity contribution in [3.63, 3.8) is 0 Å². The SMILES string of the molecule is CCC(N)Cc1ccc(OCCc2ccncc2)c(Br)c1. The first-order valence-corrected chi connectivity index (χ1v) is 8.04. The molecule has 0 aliphatic rings. The Morgan fingerprint density at radius 1 is 1.19 bits per heavy atom. The molecule has 1 unspecified atom stereocenters. The van der Waals surface area contributed by atoms with Gasteiger partial charge in [0.15, 0.2) is 0 Å². The van der Waals surface area contributed by atoms with Gasteiger partial charge in [-0.25, -0.2) is 0 Å². The normalized spacial score (nSPS) is 12.1. The Morgan fingerprint density at radius 2 is 1.95 bits per heavy atom. The second-order valence-corrected chi connectivity index (χ2v) is 5.95. The first-order chi connectivity index (χ1) is 10.2. The van der Waals surface area contributed by atoms with Crippen LogP contribution in [0.15, 0.2) is 47.2 Å². The number of hydrogen-bond acceptors (Lipinski definition) is 3. The highest BCUT2D eigenvalue weighted by Gasteiger charge is 2.06. The lowest BCUT2D eigenvalue weighted by atomic mass is 10.0. The summed E-state index contributed by atoms with van der Waals surface area (Å²) in [5.41, 5.74) is 8.45. The fourth-order valence-electron chi connectivity index (χ4n) is 2.06. The Bertz CT molecular complexity index is 560. The summed E-state index contributed by atoms with van der Waals surface area (Å²) < 4.78 is 6.81. The predicted octanol–water partition coefficient (Wildman–Crippen LogP) is 3.75. The van der Waals surface area contributed by atoms with Crippen LogP contribution in [-0.4, -0.2) is 17.6 Å². The van der Waals surface area contributed by atoms with E-state index in [0.29, 0.717) is 6.61 Å². The maximum Gasteiger partial charge on any atom is 0.133 e. The molecule has 2 N–H and O–H groups in total. The molecule has 0 amide bonds. The van der Waals surface area contributed by atoms with Crippen LogP contribution in [0.3, 0.4) is 0 Å². The molecule has 0 aliphatic carbocycles. The second kappa shape index (κ2) is 8.15. The minimum atomic E-state index is 0.218. The van der Waals surface area contributed by atoms with E-state index in [1.54, 1.807) is 12.4 Å². The van der Waals surface area contributed by atoms with Crippen molar-refractivity contribution in [3.8, 4) is 5.75 Å². The third-order valence-corrected chi connectivity index (χ3v) is 4.04. The Balaban J connectivity index is 1.89. The van der Waals surface area contributed by atoms with Gasteiger partial charge >= 0.3 is 0 Å². The van der Waals surface area contributed by atoms with Gasteiger partial charge in [0, 0.05) is 24.9 Å². The van der Waals surface area contributed by atoms with Crippen LogP contribution in [0, 0.1) is 0 Å². The molecule has 3 nitrogen and oxygen atoms in total. The molecule has 2 rings (SSSR count). The summed E-state index contributed by atoms with van der Waals surface area (Å²) in [4.78, 5) is 4.01. The van der Waals surface area contributed by atoms with Gasteiger partial charge in [0.25, 0.3) is 0 Å². The first-order valence-electron chi connectivity index (χ1n) is 7.24. The molecule has 2 aromatic rings. The molecular weight excluding hydrogens is 328 g/mol. The van der Waals surface area contributed by atoms with E-state index in [1.165, 1.54) is 11.1 Å². The van der Waals surface area contributed by atoms with Gasteiger partial charge in [0.05, 0.1) is 11.1 Å². The van der Waals surface area contributed by atoms with Crippen LogP contribution >= 0.6 is 15.9 Å². The van der Waals surface area contributed by atoms with Crippen molar-refractivity contribution < 1.29 is 4.74 Å². The zero-order valence-electron chi connectivity index (χ0n) is 12.3. The molecule has 1 heterocycles. The van der Waals surface area contributed by atoms with Gasteiger partial charge < -0.3 is 10.5 Å². The monoisotopic (exact) mass is 348 g/mol. The third-order valence-electron chi connectivity index (χ3n) is 3.42. The van der Waals surface area contributed by atoms with Crippen LogP contribution in [0.2, 0.25) is 0 Å². The first kappa shape index (κ1) is 16.0. The Hall–Kier alpha value is -1.39. The van der Waals surface area contributed by atoms with E-state index in [1.807, 2.05) is 18.2 Å². The topological polar surface area (TPSA) is 48.1 Å². The molecule has 0 fully saturated rings. The van der Waals surface area contributed by atoms with Crippen LogP contribution in [-0.2, 0) is 12.8 Å². The van der Waals surface area contributed by atoms with E-state index in [4.69, 9.17) is 10.5 Å². The zero-order chi connectivity index (χ0) is 15.1. The minimum Gasteiger partial charge on any atom is -0.492 e. The molecule has 0 spiro atoms. The summed E-state index contributed by atoms with van der Waals surface area (Å²) in [7, 11) is 0. The highest BCUT2D eigenvalue weighted by molar-refractivity contribution is 9.10. The van der Waals surface area contributed by atoms with Gasteiger partial charge in [-0.3, -0.25) is 4.98 Å². The van der Waals surface area contributed by atoms with Gasteiger partial charge in [-0.05, 0) is 64.2 Å². The molecule has 1 aromatic carbocycles. The maximum absolute atomic E-state index is 5.99. The van der Waals surface area contributed by atoms with E-state index in [-0.39, 0.29) is 6.04 Å². The molecular formula is C17H21BrN2O. The van der Waals surface area contributed by atoms with Crippen molar-refractivity contribution in [1.82, 2.24) is 4.98 Å². The van der Waals surface area contributed by atoms with E-state index < -0.39 is 0 Å². The van der Waals surface area contributed by atoms with Crippen LogP contribution in [0.4, 0.5) is 0 Å². The van der Waals surface area contributed by atoms with Gasteiger partial charge in [-0.15, -0.1) is 0 Å². The maximum atomic E-state index is 5.99. The number of benzene rings is 1. The molecule has 1 aromatic heterocycles. The molecule has 0 aliphatic heterocycles. The molecule has 0 saturated heterocycles. The largest absolute Gasteiger partial charge is 0.492 e. The number of hydrogen-bond donors (Lipinski definition) is 1. The van der Waals surface area contributed by atoms with Crippen molar-refractivity contribution in [1.29, 1.82) is 0 Å². The highest BCUT2D eigenvalue weighted by Crippen LogP contribution is 2.26. The van der Waals surface area contributed by atoms with Gasteiger partial charge in [-0.2, -0.15) is 0 Å². The number of nitrogens with two attached hydrogens (primary N) is 1. The fourth-order valence-corrected chi connectivity index (χ4v) is 2.60. The van der Waals surface area contributed by atoms with Crippen molar-refractivity contribution in [2.75, 3.05) is 6.61 Å². The number of nitrogens with zero attached hydrogens (tertiary/aromatic N) is 1. The summed E-state index contributed by atoms with van der Waals surface area (Å²) in [6.07, 6.45) is 6.36. The lowest BCUT2D eigenvalue weighted by molar-refractivity contribution is 0.320. The van der Waals surface area contributed by atoms with Gasteiger partial charge in [0.1, 0.15) is 5.75 Å². The molecule has 0 saturated carbocycles. The summed E-state index contributed by atoms with van der Waals surface area (Å²) in [6, 6.07) is 10.4. The molecule has 0 radical (unpaired) electrons. The summed E-state index contributed by atoms with van der Waals surface area (Å²) in [6.45, 7) is 2.76. The van der Waals surface area contributed by atoms with Crippen LogP contribution in [0.25, 0.3) is 0 Å². The van der Waals surface area contributed by atoms with Crippen molar-refractivity contribution in [3.05, 3.63) is 58.3 Å². The van der Waals surface area contributed by atoms with Crippen molar-refractivity contribution >= 4 is 15.9 Å². The Labute approximate surface area is 134 Å². The van der Waals surface area contributed by atoms with E-state index in [0.717, 1.165) is 29.5 Å².